The first-order valence-electron chi connectivity index (χ1n) is 9.46. The first-order valence-corrected chi connectivity index (χ1v) is 9.46. The number of benzene rings is 3. The Morgan fingerprint density at radius 3 is 2.37 bits per heavy atom. The molecule has 0 aromatic heterocycles. The quantitative estimate of drug-likeness (QED) is 0.747. The van der Waals surface area contributed by atoms with Crippen LogP contribution in [0.25, 0.3) is 10.8 Å². The normalized spacial score (nSPS) is 16.2. The summed E-state index contributed by atoms with van der Waals surface area (Å²) in [7, 11) is 3.41. The first-order chi connectivity index (χ1) is 13.3. The van der Waals surface area contributed by atoms with Crippen molar-refractivity contribution in [3.8, 4) is 11.5 Å². The molecule has 0 spiro atoms. The molecule has 4 rings (SSSR count). The minimum Gasteiger partial charge on any atom is -0.493 e. The SMILES string of the molecule is COc1cccc(C(c2ccc3ccccc3c2)N2CCNCC2)c1OC. The summed E-state index contributed by atoms with van der Waals surface area (Å²) in [6.45, 7) is 3.99. The lowest BCUT2D eigenvalue weighted by atomic mass is 9.93. The number of ether oxygens (including phenoxy) is 2. The predicted octanol–water partition coefficient (Wildman–Crippen LogP) is 3.85. The Labute approximate surface area is 160 Å². The molecular formula is C23H26N2O2. The summed E-state index contributed by atoms with van der Waals surface area (Å²) in [5, 5.41) is 5.98. The van der Waals surface area contributed by atoms with Gasteiger partial charge in [0.15, 0.2) is 11.5 Å². The lowest BCUT2D eigenvalue weighted by Gasteiger charge is -2.36. The maximum atomic E-state index is 5.78. The molecule has 4 heteroatoms. The Balaban J connectivity index is 1.86. The smallest absolute Gasteiger partial charge is 0.165 e. The molecule has 1 aliphatic rings. The predicted molar refractivity (Wildman–Crippen MR) is 110 cm³/mol. The van der Waals surface area contributed by atoms with E-state index in [4.69, 9.17) is 9.47 Å². The van der Waals surface area contributed by atoms with Crippen LogP contribution in [0.3, 0.4) is 0 Å². The van der Waals surface area contributed by atoms with E-state index in [0.29, 0.717) is 0 Å². The second-order valence-electron chi connectivity index (χ2n) is 6.88. The topological polar surface area (TPSA) is 33.7 Å². The number of para-hydroxylation sites is 1. The molecular weight excluding hydrogens is 336 g/mol. The maximum absolute atomic E-state index is 5.78. The highest BCUT2D eigenvalue weighted by Crippen LogP contribution is 2.40. The zero-order valence-corrected chi connectivity index (χ0v) is 15.9. The van der Waals surface area contributed by atoms with E-state index >= 15 is 0 Å². The number of hydrogen-bond acceptors (Lipinski definition) is 4. The number of fused-ring (bicyclic) bond motifs is 1. The van der Waals surface area contributed by atoms with Crippen LogP contribution in [0.2, 0.25) is 0 Å². The summed E-state index contributed by atoms with van der Waals surface area (Å²) >= 11 is 0. The lowest BCUT2D eigenvalue weighted by Crippen LogP contribution is -2.45. The third-order valence-corrected chi connectivity index (χ3v) is 5.33. The van der Waals surface area contributed by atoms with Crippen LogP contribution in [0, 0.1) is 0 Å². The molecule has 1 heterocycles. The average Bonchev–Trinajstić information content (AvgIpc) is 2.74. The van der Waals surface area contributed by atoms with Gasteiger partial charge in [-0.3, -0.25) is 4.90 Å². The number of piperazine rings is 1. The minimum atomic E-state index is 0.127. The van der Waals surface area contributed by atoms with Crippen molar-refractivity contribution in [1.82, 2.24) is 10.2 Å². The molecule has 0 aliphatic carbocycles. The van der Waals surface area contributed by atoms with Gasteiger partial charge in [-0.1, -0.05) is 48.5 Å². The summed E-state index contributed by atoms with van der Waals surface area (Å²) in [4.78, 5) is 2.53. The molecule has 1 aliphatic heterocycles. The van der Waals surface area contributed by atoms with Crippen LogP contribution in [0.1, 0.15) is 17.2 Å². The lowest BCUT2D eigenvalue weighted by molar-refractivity contribution is 0.194. The van der Waals surface area contributed by atoms with Gasteiger partial charge in [-0.05, 0) is 28.5 Å². The van der Waals surface area contributed by atoms with Crippen LogP contribution in [0.15, 0.2) is 60.7 Å². The van der Waals surface area contributed by atoms with Gasteiger partial charge in [-0.15, -0.1) is 0 Å². The Morgan fingerprint density at radius 1 is 0.852 bits per heavy atom. The molecule has 1 N–H and O–H groups in total. The molecule has 0 radical (unpaired) electrons. The second-order valence-corrected chi connectivity index (χ2v) is 6.88. The van der Waals surface area contributed by atoms with E-state index in [2.05, 4.69) is 58.7 Å². The Bertz CT molecular complexity index is 919. The molecule has 4 nitrogen and oxygen atoms in total. The molecule has 27 heavy (non-hydrogen) atoms. The molecule has 0 saturated carbocycles. The highest BCUT2D eigenvalue weighted by molar-refractivity contribution is 5.83. The second kappa shape index (κ2) is 7.99. The third kappa shape index (κ3) is 3.51. The molecule has 0 bridgehead atoms. The monoisotopic (exact) mass is 362 g/mol. The van der Waals surface area contributed by atoms with Crippen molar-refractivity contribution in [3.63, 3.8) is 0 Å². The Hall–Kier alpha value is -2.56. The van der Waals surface area contributed by atoms with Gasteiger partial charge in [0.25, 0.3) is 0 Å². The number of methoxy groups -OCH3 is 2. The fraction of sp³-hybridized carbons (Fsp3) is 0.304. The molecule has 1 fully saturated rings. The van der Waals surface area contributed by atoms with Gasteiger partial charge >= 0.3 is 0 Å². The highest BCUT2D eigenvalue weighted by Gasteiger charge is 2.28. The van der Waals surface area contributed by atoms with E-state index in [1.807, 2.05) is 12.1 Å². The average molecular weight is 362 g/mol. The van der Waals surface area contributed by atoms with E-state index in [-0.39, 0.29) is 6.04 Å². The zero-order chi connectivity index (χ0) is 18.6. The number of rotatable bonds is 5. The van der Waals surface area contributed by atoms with Crippen LogP contribution < -0.4 is 14.8 Å². The summed E-state index contributed by atoms with van der Waals surface area (Å²) in [5.41, 5.74) is 2.43. The van der Waals surface area contributed by atoms with Crippen LogP contribution >= 0.6 is 0 Å². The standard InChI is InChI=1S/C23H26N2O2/c1-26-21-9-5-8-20(23(21)27-2)22(25-14-12-24-13-15-25)19-11-10-17-6-3-4-7-18(17)16-19/h3-11,16,22,24H,12-15H2,1-2H3. The van der Waals surface area contributed by atoms with E-state index in [1.54, 1.807) is 14.2 Å². The number of nitrogens with one attached hydrogen (secondary N) is 1. The summed E-state index contributed by atoms with van der Waals surface area (Å²) < 4.78 is 11.3. The van der Waals surface area contributed by atoms with Gasteiger partial charge in [-0.2, -0.15) is 0 Å². The molecule has 0 amide bonds. The van der Waals surface area contributed by atoms with Crippen LogP contribution in [0.5, 0.6) is 11.5 Å². The van der Waals surface area contributed by atoms with Crippen molar-refractivity contribution in [3.05, 3.63) is 71.8 Å². The summed E-state index contributed by atoms with van der Waals surface area (Å²) in [5.74, 6) is 1.59. The molecule has 140 valence electrons. The molecule has 1 unspecified atom stereocenters. The molecule has 1 saturated heterocycles. The van der Waals surface area contributed by atoms with Gasteiger partial charge in [0.1, 0.15) is 0 Å². The van der Waals surface area contributed by atoms with Crippen LogP contribution in [0.4, 0.5) is 0 Å². The van der Waals surface area contributed by atoms with Crippen LogP contribution in [-0.4, -0.2) is 45.3 Å². The summed E-state index contributed by atoms with van der Waals surface area (Å²) in [6, 6.07) is 21.6. The van der Waals surface area contributed by atoms with Crippen molar-refractivity contribution in [2.45, 2.75) is 6.04 Å². The Morgan fingerprint density at radius 2 is 1.63 bits per heavy atom. The summed E-state index contributed by atoms with van der Waals surface area (Å²) in [6.07, 6.45) is 0. The molecule has 3 aromatic carbocycles. The van der Waals surface area contributed by atoms with Gasteiger partial charge in [0, 0.05) is 31.7 Å². The fourth-order valence-corrected chi connectivity index (χ4v) is 4.03. The third-order valence-electron chi connectivity index (χ3n) is 5.33. The highest BCUT2D eigenvalue weighted by atomic mass is 16.5. The van der Waals surface area contributed by atoms with Gasteiger partial charge < -0.3 is 14.8 Å². The zero-order valence-electron chi connectivity index (χ0n) is 15.9. The van der Waals surface area contributed by atoms with Gasteiger partial charge in [0.05, 0.1) is 20.3 Å². The van der Waals surface area contributed by atoms with Crippen molar-refractivity contribution in [2.24, 2.45) is 0 Å². The van der Waals surface area contributed by atoms with Crippen molar-refractivity contribution < 1.29 is 9.47 Å². The van der Waals surface area contributed by atoms with Crippen LogP contribution in [-0.2, 0) is 0 Å². The van der Waals surface area contributed by atoms with E-state index in [9.17, 15) is 0 Å². The Kier molecular flexibility index (Phi) is 5.28. The largest absolute Gasteiger partial charge is 0.493 e. The molecule has 3 aromatic rings. The van der Waals surface area contributed by atoms with Gasteiger partial charge in [0.2, 0.25) is 0 Å². The van der Waals surface area contributed by atoms with Gasteiger partial charge in [-0.25, -0.2) is 0 Å². The van der Waals surface area contributed by atoms with E-state index in [1.165, 1.54) is 16.3 Å². The fourth-order valence-electron chi connectivity index (χ4n) is 4.03. The number of nitrogens with zero attached hydrogens (tertiary/aromatic N) is 1. The first kappa shape index (κ1) is 17.8. The molecule has 1 atom stereocenters. The van der Waals surface area contributed by atoms with Crippen molar-refractivity contribution in [2.75, 3.05) is 40.4 Å². The maximum Gasteiger partial charge on any atom is 0.165 e. The van der Waals surface area contributed by atoms with E-state index in [0.717, 1.165) is 43.2 Å². The van der Waals surface area contributed by atoms with Crippen molar-refractivity contribution >= 4 is 10.8 Å². The number of hydrogen-bond donors (Lipinski definition) is 1. The minimum absolute atomic E-state index is 0.127. The van der Waals surface area contributed by atoms with E-state index < -0.39 is 0 Å². The van der Waals surface area contributed by atoms with Crippen molar-refractivity contribution in [1.29, 1.82) is 0 Å².